The molecule has 2 N–H and O–H groups in total. The monoisotopic (exact) mass is 377 g/mol. The number of nitrogens with zero attached hydrogens (tertiary/aromatic N) is 2. The Morgan fingerprint density at radius 1 is 1.15 bits per heavy atom. The van der Waals surface area contributed by atoms with Crippen LogP contribution < -0.4 is 10.6 Å². The lowest BCUT2D eigenvalue weighted by molar-refractivity contribution is -0.117. The third-order valence-corrected chi connectivity index (χ3v) is 5.65. The zero-order chi connectivity index (χ0) is 19.4. The number of carbonyl (C=O) groups is 2. The first-order chi connectivity index (χ1) is 13.0. The van der Waals surface area contributed by atoms with Crippen LogP contribution in [-0.4, -0.2) is 17.1 Å². The summed E-state index contributed by atoms with van der Waals surface area (Å²) in [7, 11) is 0. The lowest BCUT2D eigenvalue weighted by atomic mass is 10.1. The molecule has 6 heteroatoms. The molecule has 1 heterocycles. The minimum absolute atomic E-state index is 0.158. The van der Waals surface area contributed by atoms with Crippen molar-refractivity contribution in [2.45, 2.75) is 25.0 Å². The number of para-hydroxylation sites is 1. The Morgan fingerprint density at radius 3 is 2.33 bits per heavy atom. The van der Waals surface area contributed by atoms with Gasteiger partial charge in [0.1, 0.15) is 16.7 Å². The van der Waals surface area contributed by atoms with Crippen molar-refractivity contribution in [3.63, 3.8) is 0 Å². The quantitative estimate of drug-likeness (QED) is 0.640. The molecule has 1 fully saturated rings. The van der Waals surface area contributed by atoms with E-state index in [1.54, 1.807) is 24.3 Å². The van der Waals surface area contributed by atoms with Gasteiger partial charge >= 0.3 is 0 Å². The largest absolute Gasteiger partial charge is 0.365 e. The van der Waals surface area contributed by atoms with Crippen LogP contribution in [0.1, 0.15) is 18.1 Å². The van der Waals surface area contributed by atoms with E-state index in [2.05, 4.69) is 19.1 Å². The standard InChI is InChI=1S/C21H19N3O2S/c1-2-14-8-10-15(11-9-14)12-18-20(26)24(16-6-4-3-5-7-16)21(27-18)17(13-22)19(23)25/h3-11,18H,2,12H2,1H3,(H2,23,25). The summed E-state index contributed by atoms with van der Waals surface area (Å²) in [6.07, 6.45) is 1.47. The normalized spacial score (nSPS) is 18.3. The molecular formula is C21H19N3O2S. The second-order valence-corrected chi connectivity index (χ2v) is 7.34. The molecule has 2 aromatic rings. The van der Waals surface area contributed by atoms with E-state index in [1.807, 2.05) is 24.3 Å². The second-order valence-electron chi connectivity index (χ2n) is 6.15. The summed E-state index contributed by atoms with van der Waals surface area (Å²) in [6.45, 7) is 2.09. The van der Waals surface area contributed by atoms with Gasteiger partial charge in [-0.1, -0.05) is 61.2 Å². The maximum atomic E-state index is 13.1. The molecule has 0 aromatic heterocycles. The minimum Gasteiger partial charge on any atom is -0.365 e. The molecule has 0 aliphatic carbocycles. The molecule has 0 bridgehead atoms. The number of carbonyl (C=O) groups excluding carboxylic acids is 2. The number of hydrogen-bond acceptors (Lipinski definition) is 4. The van der Waals surface area contributed by atoms with Crippen molar-refractivity contribution in [3.05, 3.63) is 76.3 Å². The Kier molecular flexibility index (Phi) is 5.63. The highest BCUT2D eigenvalue weighted by Gasteiger charge is 2.40. The van der Waals surface area contributed by atoms with Crippen LogP contribution in [0.25, 0.3) is 0 Å². The smallest absolute Gasteiger partial charge is 0.262 e. The molecule has 0 saturated carbocycles. The third-order valence-electron chi connectivity index (χ3n) is 4.39. The number of hydrogen-bond donors (Lipinski definition) is 1. The summed E-state index contributed by atoms with van der Waals surface area (Å²) in [5, 5.41) is 9.26. The predicted molar refractivity (Wildman–Crippen MR) is 107 cm³/mol. The Bertz CT molecular complexity index is 930. The fourth-order valence-electron chi connectivity index (χ4n) is 2.94. The maximum absolute atomic E-state index is 13.1. The summed E-state index contributed by atoms with van der Waals surface area (Å²) < 4.78 is 0. The van der Waals surface area contributed by atoms with Gasteiger partial charge in [0, 0.05) is 5.69 Å². The van der Waals surface area contributed by atoms with Crippen LogP contribution in [0.4, 0.5) is 5.69 Å². The predicted octanol–water partition coefficient (Wildman–Crippen LogP) is 3.16. The molecule has 1 aliphatic rings. The molecule has 27 heavy (non-hydrogen) atoms. The molecule has 1 saturated heterocycles. The van der Waals surface area contributed by atoms with Gasteiger partial charge < -0.3 is 5.73 Å². The van der Waals surface area contributed by atoms with Gasteiger partial charge in [-0.25, -0.2) is 0 Å². The highest BCUT2D eigenvalue weighted by atomic mass is 32.2. The lowest BCUT2D eigenvalue weighted by Crippen LogP contribution is -2.31. The van der Waals surface area contributed by atoms with Gasteiger partial charge in [0.15, 0.2) is 0 Å². The average Bonchev–Trinajstić information content (AvgIpc) is 2.99. The SMILES string of the molecule is CCc1ccc(CC2SC(=C(C#N)C(N)=O)N(c3ccccc3)C2=O)cc1. The van der Waals surface area contributed by atoms with Gasteiger partial charge in [-0.3, -0.25) is 14.5 Å². The number of nitriles is 1. The maximum Gasteiger partial charge on any atom is 0.262 e. The van der Waals surface area contributed by atoms with Crippen LogP contribution in [0.15, 0.2) is 65.2 Å². The Balaban J connectivity index is 1.97. The second kappa shape index (κ2) is 8.11. The Hall–Kier alpha value is -3.04. The first-order valence-corrected chi connectivity index (χ1v) is 9.50. The number of amides is 2. The van der Waals surface area contributed by atoms with E-state index >= 15 is 0 Å². The summed E-state index contributed by atoms with van der Waals surface area (Å²) in [6, 6.07) is 19.0. The van der Waals surface area contributed by atoms with Crippen molar-refractivity contribution in [1.82, 2.24) is 0 Å². The van der Waals surface area contributed by atoms with E-state index in [4.69, 9.17) is 5.73 Å². The zero-order valence-electron chi connectivity index (χ0n) is 14.9. The molecule has 1 unspecified atom stereocenters. The number of nitrogens with two attached hydrogens (primary N) is 1. The summed E-state index contributed by atoms with van der Waals surface area (Å²) in [5.41, 5.74) is 8.06. The molecule has 5 nitrogen and oxygen atoms in total. The molecule has 1 aliphatic heterocycles. The molecule has 2 amide bonds. The highest BCUT2D eigenvalue weighted by molar-refractivity contribution is 8.05. The number of rotatable bonds is 5. The average molecular weight is 377 g/mol. The third kappa shape index (κ3) is 3.88. The Labute approximate surface area is 162 Å². The first-order valence-electron chi connectivity index (χ1n) is 8.62. The number of benzene rings is 2. The molecule has 2 aromatic carbocycles. The molecule has 1 atom stereocenters. The van der Waals surface area contributed by atoms with Gasteiger partial charge in [-0.15, -0.1) is 0 Å². The Morgan fingerprint density at radius 2 is 1.78 bits per heavy atom. The van der Waals surface area contributed by atoms with Crippen molar-refractivity contribution in [2.75, 3.05) is 4.90 Å². The first kappa shape index (κ1) is 18.7. The summed E-state index contributed by atoms with van der Waals surface area (Å²) in [5.74, 6) is -0.989. The summed E-state index contributed by atoms with van der Waals surface area (Å²) >= 11 is 1.22. The topological polar surface area (TPSA) is 87.2 Å². The number of anilines is 1. The van der Waals surface area contributed by atoms with Gasteiger partial charge in [-0.2, -0.15) is 5.26 Å². The number of aryl methyl sites for hydroxylation is 1. The van der Waals surface area contributed by atoms with Crippen molar-refractivity contribution < 1.29 is 9.59 Å². The van der Waals surface area contributed by atoms with Crippen molar-refractivity contribution in [3.8, 4) is 6.07 Å². The number of primary amides is 1. The molecule has 3 rings (SSSR count). The lowest BCUT2D eigenvalue weighted by Gasteiger charge is -2.18. The van der Waals surface area contributed by atoms with Crippen LogP contribution in [0.3, 0.4) is 0 Å². The van der Waals surface area contributed by atoms with E-state index in [0.29, 0.717) is 17.1 Å². The van der Waals surface area contributed by atoms with E-state index in [9.17, 15) is 14.9 Å². The van der Waals surface area contributed by atoms with E-state index in [1.165, 1.54) is 22.2 Å². The van der Waals surface area contributed by atoms with Gasteiger partial charge in [0.25, 0.3) is 5.91 Å². The van der Waals surface area contributed by atoms with E-state index in [-0.39, 0.29) is 11.5 Å². The van der Waals surface area contributed by atoms with Gasteiger partial charge in [0.05, 0.1) is 5.25 Å². The van der Waals surface area contributed by atoms with Crippen molar-refractivity contribution >= 4 is 29.3 Å². The van der Waals surface area contributed by atoms with Crippen LogP contribution >= 0.6 is 11.8 Å². The number of thioether (sulfide) groups is 1. The fourth-order valence-corrected chi connectivity index (χ4v) is 4.25. The molecular weight excluding hydrogens is 358 g/mol. The molecule has 0 spiro atoms. The van der Waals surface area contributed by atoms with E-state index < -0.39 is 11.2 Å². The minimum atomic E-state index is -0.832. The van der Waals surface area contributed by atoms with Crippen LogP contribution in [0.2, 0.25) is 0 Å². The van der Waals surface area contributed by atoms with Gasteiger partial charge in [-0.05, 0) is 36.1 Å². The van der Waals surface area contributed by atoms with Crippen LogP contribution in [0.5, 0.6) is 0 Å². The fraction of sp³-hybridized carbons (Fsp3) is 0.190. The van der Waals surface area contributed by atoms with E-state index in [0.717, 1.165) is 12.0 Å². The molecule has 0 radical (unpaired) electrons. The molecule has 136 valence electrons. The highest BCUT2D eigenvalue weighted by Crippen LogP contribution is 2.41. The van der Waals surface area contributed by atoms with Crippen LogP contribution in [0, 0.1) is 11.3 Å². The van der Waals surface area contributed by atoms with Crippen molar-refractivity contribution in [2.24, 2.45) is 5.73 Å². The van der Waals surface area contributed by atoms with Crippen molar-refractivity contribution in [1.29, 1.82) is 5.26 Å². The van der Waals surface area contributed by atoms with Gasteiger partial charge in [0.2, 0.25) is 5.91 Å². The van der Waals surface area contributed by atoms with Crippen LogP contribution in [-0.2, 0) is 22.4 Å². The zero-order valence-corrected chi connectivity index (χ0v) is 15.7. The summed E-state index contributed by atoms with van der Waals surface area (Å²) in [4.78, 5) is 26.3.